The van der Waals surface area contributed by atoms with E-state index in [1.807, 2.05) is 9.95 Å². The third-order valence-electron chi connectivity index (χ3n) is 2.91. The van der Waals surface area contributed by atoms with Crippen LogP contribution >= 0.6 is 22.9 Å². The summed E-state index contributed by atoms with van der Waals surface area (Å²) < 4.78 is 15.3. The number of halogens is 2. The van der Waals surface area contributed by atoms with Crippen LogP contribution in [-0.4, -0.2) is 20.4 Å². The minimum Gasteiger partial charge on any atom is -0.322 e. The average Bonchev–Trinajstić information content (AvgIpc) is 2.99. The van der Waals surface area contributed by atoms with Crippen molar-refractivity contribution in [1.82, 2.24) is 14.5 Å². The van der Waals surface area contributed by atoms with Crippen molar-refractivity contribution in [1.29, 1.82) is 0 Å². The first-order chi connectivity index (χ1) is 9.28. The summed E-state index contributed by atoms with van der Waals surface area (Å²) in [5, 5.41) is 2.00. The summed E-state index contributed by atoms with van der Waals surface area (Å²) in [4.78, 5) is 8.74. The summed E-state index contributed by atoms with van der Waals surface area (Å²) in [5.74, 6) is 1.08. The highest BCUT2D eigenvalue weighted by Gasteiger charge is 2.12. The largest absolute Gasteiger partial charge is 0.322 e. The molecule has 98 valence electrons. The molecule has 0 unspecified atom stereocenters. The van der Waals surface area contributed by atoms with Crippen LogP contribution in [0.1, 0.15) is 11.5 Å². The molecule has 0 radical (unpaired) electrons. The topological polar surface area (TPSA) is 30.7 Å². The molecule has 2 aromatic heterocycles. The van der Waals surface area contributed by atoms with Gasteiger partial charge in [-0.05, 0) is 12.1 Å². The first-order valence-corrected chi connectivity index (χ1v) is 7.33. The zero-order valence-electron chi connectivity index (χ0n) is 10.0. The fraction of sp³-hybridized carbons (Fsp3) is 0.231. The smallest absolute Gasteiger partial charge is 0.125 e. The molecule has 6 heteroatoms. The predicted molar refractivity (Wildman–Crippen MR) is 75.3 cm³/mol. The normalized spacial score (nSPS) is 11.3. The molecule has 0 aliphatic carbocycles. The summed E-state index contributed by atoms with van der Waals surface area (Å²) >= 11 is 7.37. The van der Waals surface area contributed by atoms with Gasteiger partial charge in [-0.25, -0.2) is 14.4 Å². The van der Waals surface area contributed by atoms with Crippen LogP contribution in [0.15, 0.2) is 29.1 Å². The van der Waals surface area contributed by atoms with Gasteiger partial charge in [-0.15, -0.1) is 22.9 Å². The molecular formula is C13H11ClFN3S. The Hall–Kier alpha value is -1.46. The van der Waals surface area contributed by atoms with Crippen molar-refractivity contribution in [2.24, 2.45) is 0 Å². The van der Waals surface area contributed by atoms with Crippen LogP contribution in [-0.2, 0) is 13.0 Å². The molecular weight excluding hydrogens is 285 g/mol. The number of rotatable bonds is 4. The van der Waals surface area contributed by atoms with Crippen LogP contribution in [0.2, 0.25) is 0 Å². The molecule has 0 saturated heterocycles. The van der Waals surface area contributed by atoms with Gasteiger partial charge in [-0.2, -0.15) is 0 Å². The first kappa shape index (κ1) is 12.6. The lowest BCUT2D eigenvalue weighted by Crippen LogP contribution is -2.06. The summed E-state index contributed by atoms with van der Waals surface area (Å²) in [6, 6.07) is 4.65. The van der Waals surface area contributed by atoms with Crippen LogP contribution in [0.4, 0.5) is 4.39 Å². The second kappa shape index (κ2) is 5.27. The van der Waals surface area contributed by atoms with Crippen molar-refractivity contribution < 1.29 is 4.39 Å². The molecule has 0 spiro atoms. The van der Waals surface area contributed by atoms with E-state index in [1.54, 1.807) is 22.9 Å². The number of alkyl halides is 1. The quantitative estimate of drug-likeness (QED) is 0.690. The molecule has 0 N–H and O–H groups in total. The molecule has 3 aromatic rings. The lowest BCUT2D eigenvalue weighted by Gasteiger charge is -2.06. The maximum atomic E-state index is 13.3. The van der Waals surface area contributed by atoms with Gasteiger partial charge in [0.05, 0.1) is 28.8 Å². The highest BCUT2D eigenvalue weighted by molar-refractivity contribution is 7.07. The third kappa shape index (κ3) is 2.48. The number of fused-ring (bicyclic) bond motifs is 1. The molecule has 0 atom stereocenters. The summed E-state index contributed by atoms with van der Waals surface area (Å²) in [6.45, 7) is 0.637. The molecule has 3 rings (SSSR count). The van der Waals surface area contributed by atoms with Crippen LogP contribution in [0.25, 0.3) is 11.0 Å². The van der Waals surface area contributed by atoms with Gasteiger partial charge in [0.25, 0.3) is 0 Å². The molecule has 1 aromatic carbocycles. The van der Waals surface area contributed by atoms with E-state index in [4.69, 9.17) is 11.6 Å². The maximum Gasteiger partial charge on any atom is 0.125 e. The number of hydrogen-bond donors (Lipinski definition) is 0. The maximum absolute atomic E-state index is 13.3. The molecule has 2 heterocycles. The van der Waals surface area contributed by atoms with Crippen LogP contribution in [0.3, 0.4) is 0 Å². The van der Waals surface area contributed by atoms with E-state index < -0.39 is 0 Å². The SMILES string of the molecule is Fc1ccc2c(c1)nc(CCCl)n2Cc1cscn1. The van der Waals surface area contributed by atoms with Gasteiger partial charge in [0, 0.05) is 23.7 Å². The molecule has 0 aliphatic rings. The van der Waals surface area contributed by atoms with E-state index in [2.05, 4.69) is 9.97 Å². The zero-order chi connectivity index (χ0) is 13.2. The number of aryl methyl sites for hydroxylation is 1. The molecule has 0 amide bonds. The van der Waals surface area contributed by atoms with Gasteiger partial charge < -0.3 is 4.57 Å². The van der Waals surface area contributed by atoms with Crippen molar-refractivity contribution in [3.63, 3.8) is 0 Å². The van der Waals surface area contributed by atoms with E-state index in [0.717, 1.165) is 17.0 Å². The number of hydrogen-bond acceptors (Lipinski definition) is 3. The van der Waals surface area contributed by atoms with Gasteiger partial charge in [0.1, 0.15) is 11.6 Å². The summed E-state index contributed by atoms with van der Waals surface area (Å²) in [5.41, 5.74) is 4.35. The van der Waals surface area contributed by atoms with Gasteiger partial charge in [-0.3, -0.25) is 0 Å². The summed E-state index contributed by atoms with van der Waals surface area (Å²) in [6.07, 6.45) is 0.655. The van der Waals surface area contributed by atoms with Crippen molar-refractivity contribution in [3.05, 3.63) is 46.4 Å². The number of benzene rings is 1. The Bertz CT molecular complexity index is 693. The average molecular weight is 296 g/mol. The molecule has 19 heavy (non-hydrogen) atoms. The Balaban J connectivity index is 2.10. The molecule has 3 nitrogen and oxygen atoms in total. The zero-order valence-corrected chi connectivity index (χ0v) is 11.6. The number of thiazole rings is 1. The van der Waals surface area contributed by atoms with Gasteiger partial charge in [0.2, 0.25) is 0 Å². The van der Waals surface area contributed by atoms with Crippen molar-refractivity contribution in [3.8, 4) is 0 Å². The fourth-order valence-corrected chi connectivity index (χ4v) is 2.80. The lowest BCUT2D eigenvalue weighted by molar-refractivity contribution is 0.629. The third-order valence-corrected chi connectivity index (χ3v) is 3.74. The van der Waals surface area contributed by atoms with Crippen molar-refractivity contribution in [2.45, 2.75) is 13.0 Å². The van der Waals surface area contributed by atoms with Gasteiger partial charge >= 0.3 is 0 Å². The van der Waals surface area contributed by atoms with E-state index in [0.29, 0.717) is 24.4 Å². The predicted octanol–water partition coefficient (Wildman–Crippen LogP) is 3.46. The Morgan fingerprint density at radius 1 is 1.37 bits per heavy atom. The molecule has 0 bridgehead atoms. The monoisotopic (exact) mass is 295 g/mol. The first-order valence-electron chi connectivity index (χ1n) is 5.85. The Labute approximate surface area is 118 Å². The highest BCUT2D eigenvalue weighted by atomic mass is 35.5. The second-order valence-electron chi connectivity index (χ2n) is 4.17. The second-order valence-corrected chi connectivity index (χ2v) is 5.26. The number of aromatic nitrogens is 3. The Morgan fingerprint density at radius 3 is 3.00 bits per heavy atom. The van der Waals surface area contributed by atoms with E-state index >= 15 is 0 Å². The number of imidazole rings is 1. The van der Waals surface area contributed by atoms with E-state index in [1.165, 1.54) is 12.1 Å². The van der Waals surface area contributed by atoms with E-state index in [-0.39, 0.29) is 5.82 Å². The summed E-state index contributed by atoms with van der Waals surface area (Å²) in [7, 11) is 0. The van der Waals surface area contributed by atoms with Crippen molar-refractivity contribution in [2.75, 3.05) is 5.88 Å². The van der Waals surface area contributed by atoms with Crippen LogP contribution in [0.5, 0.6) is 0 Å². The van der Waals surface area contributed by atoms with Crippen molar-refractivity contribution >= 4 is 34.0 Å². The molecule has 0 aliphatic heterocycles. The Morgan fingerprint density at radius 2 is 2.26 bits per heavy atom. The van der Waals surface area contributed by atoms with Crippen LogP contribution < -0.4 is 0 Å². The molecule has 0 saturated carbocycles. The number of nitrogens with zero attached hydrogens (tertiary/aromatic N) is 3. The molecule has 0 fully saturated rings. The highest BCUT2D eigenvalue weighted by Crippen LogP contribution is 2.20. The fourth-order valence-electron chi connectivity index (χ4n) is 2.08. The lowest BCUT2D eigenvalue weighted by atomic mass is 10.3. The minimum absolute atomic E-state index is 0.275. The van der Waals surface area contributed by atoms with Gasteiger partial charge in [0.15, 0.2) is 0 Å². The Kier molecular flexibility index (Phi) is 3.48. The van der Waals surface area contributed by atoms with Crippen LogP contribution in [0, 0.1) is 5.82 Å². The van der Waals surface area contributed by atoms with Gasteiger partial charge in [-0.1, -0.05) is 0 Å². The standard InChI is InChI=1S/C13H11ClFN3S/c14-4-3-13-17-11-5-9(15)1-2-12(11)18(13)6-10-7-19-8-16-10/h1-2,5,7-8H,3-4,6H2. The van der Waals surface area contributed by atoms with E-state index in [9.17, 15) is 4.39 Å². The minimum atomic E-state index is -0.275.